The molecule has 0 spiro atoms. The largest absolute Gasteiger partial charge is 0.493 e. The second-order valence-electron chi connectivity index (χ2n) is 6.41. The van der Waals surface area contributed by atoms with Gasteiger partial charge in [-0.2, -0.15) is 0 Å². The van der Waals surface area contributed by atoms with E-state index in [1.165, 1.54) is 0 Å². The van der Waals surface area contributed by atoms with Crippen molar-refractivity contribution in [2.45, 2.75) is 24.1 Å². The van der Waals surface area contributed by atoms with E-state index in [-0.39, 0.29) is 24.0 Å². The fraction of sp³-hybridized carbons (Fsp3) is 0.227. The third-order valence-electron chi connectivity index (χ3n) is 4.34. The van der Waals surface area contributed by atoms with E-state index in [0.29, 0.717) is 17.3 Å². The minimum absolute atomic E-state index is 0.170. The maximum atomic E-state index is 12.5. The molecule has 2 aromatic carbocycles. The van der Waals surface area contributed by atoms with E-state index in [2.05, 4.69) is 5.32 Å². The molecule has 3 rings (SSSR count). The van der Waals surface area contributed by atoms with Crippen LogP contribution in [0.25, 0.3) is 0 Å². The van der Waals surface area contributed by atoms with Crippen molar-refractivity contribution in [3.05, 3.63) is 77.2 Å². The van der Waals surface area contributed by atoms with E-state index in [4.69, 9.17) is 13.9 Å². The number of hydrogen-bond donors (Lipinski definition) is 1. The Labute approximate surface area is 172 Å². The number of aryl methyl sites for hydroxylation is 1. The maximum Gasteiger partial charge on any atom is 0.287 e. The average molecular weight is 413 g/mol. The molecule has 1 amide bonds. The second kappa shape index (κ2) is 9.43. The Morgan fingerprint density at radius 3 is 2.59 bits per heavy atom. The lowest BCUT2D eigenvalue weighted by atomic mass is 10.2. The predicted molar refractivity (Wildman–Crippen MR) is 111 cm³/mol. The predicted octanol–water partition coefficient (Wildman–Crippen LogP) is 3.84. The molecule has 0 aliphatic carbocycles. The molecule has 0 saturated heterocycles. The first kappa shape index (κ1) is 20.7. The molecule has 1 heterocycles. The van der Waals surface area contributed by atoms with E-state index in [0.717, 1.165) is 16.0 Å². The van der Waals surface area contributed by atoms with Crippen molar-refractivity contribution in [3.63, 3.8) is 0 Å². The Hall–Kier alpha value is -3.06. The zero-order valence-corrected chi connectivity index (χ0v) is 17.4. The van der Waals surface area contributed by atoms with Gasteiger partial charge in [0.1, 0.15) is 5.76 Å². The highest BCUT2D eigenvalue weighted by Gasteiger charge is 2.15. The summed E-state index contributed by atoms with van der Waals surface area (Å²) in [7, 11) is 1.87. The fourth-order valence-electron chi connectivity index (χ4n) is 2.90. The summed E-state index contributed by atoms with van der Waals surface area (Å²) >= 11 is 0. The summed E-state index contributed by atoms with van der Waals surface area (Å²) in [6.45, 7) is 2.21. The van der Waals surface area contributed by atoms with Gasteiger partial charge in [0.15, 0.2) is 17.3 Å². The number of hydrogen-bond acceptors (Lipinski definition) is 5. The molecule has 0 aliphatic heterocycles. The molecule has 0 saturated carbocycles. The van der Waals surface area contributed by atoms with Crippen LogP contribution in [-0.4, -0.2) is 24.3 Å². The molecule has 6 nitrogen and oxygen atoms in total. The summed E-state index contributed by atoms with van der Waals surface area (Å²) in [4.78, 5) is 13.2. The van der Waals surface area contributed by atoms with E-state index < -0.39 is 10.8 Å². The quantitative estimate of drug-likeness (QED) is 0.607. The van der Waals surface area contributed by atoms with Gasteiger partial charge in [0.25, 0.3) is 5.91 Å². The average Bonchev–Trinajstić information content (AvgIpc) is 3.20. The van der Waals surface area contributed by atoms with Crippen molar-refractivity contribution in [1.82, 2.24) is 5.32 Å². The molecule has 3 aromatic rings. The molecular weight excluding hydrogens is 390 g/mol. The summed E-state index contributed by atoms with van der Waals surface area (Å²) in [6.07, 6.45) is 0. The Bertz CT molecular complexity index is 1030. The van der Waals surface area contributed by atoms with Crippen molar-refractivity contribution in [3.8, 4) is 11.5 Å². The third-order valence-corrected chi connectivity index (χ3v) is 5.66. The number of rotatable bonds is 8. The zero-order valence-electron chi connectivity index (χ0n) is 16.6. The second-order valence-corrected chi connectivity index (χ2v) is 7.86. The van der Waals surface area contributed by atoms with Crippen molar-refractivity contribution >= 4 is 16.7 Å². The van der Waals surface area contributed by atoms with Crippen LogP contribution in [0.5, 0.6) is 11.5 Å². The lowest BCUT2D eigenvalue weighted by molar-refractivity contribution is 0.0921. The number of ether oxygens (including phenoxy) is 2. The van der Waals surface area contributed by atoms with Gasteiger partial charge in [-0.25, -0.2) is 0 Å². The third kappa shape index (κ3) is 5.06. The van der Waals surface area contributed by atoms with Gasteiger partial charge >= 0.3 is 0 Å². The molecule has 1 N–H and O–H groups in total. The number of para-hydroxylation sites is 1. The molecule has 0 fully saturated rings. The molecule has 29 heavy (non-hydrogen) atoms. The topological polar surface area (TPSA) is 77.8 Å². The Balaban J connectivity index is 1.63. The highest BCUT2D eigenvalue weighted by atomic mass is 32.2. The molecule has 1 aromatic heterocycles. The standard InChI is InChI=1S/C22H23NO5S/c1-15-6-4-8-18(12-15)29(25)14-17-10-11-20(28-17)22(24)23-13-16-7-5-9-19(26-2)21(16)27-3/h4-12H,13-14H2,1-3H3,(H,23,24)/t29-/m1/s1. The molecule has 1 atom stereocenters. The van der Waals surface area contributed by atoms with Crippen molar-refractivity contribution in [1.29, 1.82) is 0 Å². The monoisotopic (exact) mass is 413 g/mol. The minimum atomic E-state index is -1.24. The fourth-order valence-corrected chi connectivity index (χ4v) is 4.03. The highest BCUT2D eigenvalue weighted by molar-refractivity contribution is 7.84. The highest BCUT2D eigenvalue weighted by Crippen LogP contribution is 2.30. The molecule has 0 aliphatic rings. The Morgan fingerprint density at radius 1 is 1.07 bits per heavy atom. The zero-order chi connectivity index (χ0) is 20.8. The first-order valence-corrected chi connectivity index (χ1v) is 10.4. The normalized spacial score (nSPS) is 11.7. The van der Waals surface area contributed by atoms with Gasteiger partial charge in [-0.05, 0) is 42.8 Å². The molecule has 152 valence electrons. The Morgan fingerprint density at radius 2 is 1.86 bits per heavy atom. The summed E-state index contributed by atoms with van der Waals surface area (Å²) in [6, 6.07) is 16.3. The van der Waals surface area contributed by atoms with E-state index in [9.17, 15) is 9.00 Å². The number of amides is 1. The smallest absolute Gasteiger partial charge is 0.287 e. The van der Waals surface area contributed by atoms with Gasteiger partial charge < -0.3 is 19.2 Å². The van der Waals surface area contributed by atoms with Crippen LogP contribution in [0.2, 0.25) is 0 Å². The van der Waals surface area contributed by atoms with Gasteiger partial charge in [0, 0.05) is 17.0 Å². The van der Waals surface area contributed by atoms with Crippen molar-refractivity contribution in [2.75, 3.05) is 14.2 Å². The maximum absolute atomic E-state index is 12.5. The molecular formula is C22H23NO5S. The molecule has 0 unspecified atom stereocenters. The number of carbonyl (C=O) groups is 1. The number of methoxy groups -OCH3 is 2. The molecule has 0 radical (unpaired) electrons. The SMILES string of the molecule is COc1cccc(CNC(=O)c2ccc(C[S@@](=O)c3cccc(C)c3)o2)c1OC. The van der Waals surface area contributed by atoms with Crippen LogP contribution >= 0.6 is 0 Å². The van der Waals surface area contributed by atoms with Crippen molar-refractivity contribution in [2.24, 2.45) is 0 Å². The van der Waals surface area contributed by atoms with Gasteiger partial charge in [0.2, 0.25) is 0 Å². The lowest BCUT2D eigenvalue weighted by Crippen LogP contribution is -2.22. The van der Waals surface area contributed by atoms with Crippen LogP contribution in [0.3, 0.4) is 0 Å². The van der Waals surface area contributed by atoms with Gasteiger partial charge in [-0.15, -0.1) is 0 Å². The molecule has 7 heteroatoms. The van der Waals surface area contributed by atoms with Crippen molar-refractivity contribution < 1.29 is 22.9 Å². The summed E-state index contributed by atoms with van der Waals surface area (Å²) in [5.74, 6) is 1.68. The number of furan rings is 1. The summed E-state index contributed by atoms with van der Waals surface area (Å²) in [5, 5.41) is 2.80. The van der Waals surface area contributed by atoms with Gasteiger partial charge in [0.05, 0.1) is 30.8 Å². The van der Waals surface area contributed by atoms with Crippen LogP contribution in [0.4, 0.5) is 0 Å². The molecule has 0 bridgehead atoms. The van der Waals surface area contributed by atoms with Gasteiger partial charge in [-0.3, -0.25) is 9.00 Å². The van der Waals surface area contributed by atoms with Crippen LogP contribution in [0, 0.1) is 6.92 Å². The van der Waals surface area contributed by atoms with E-state index in [1.54, 1.807) is 32.4 Å². The number of carbonyl (C=O) groups excluding carboxylic acids is 1. The van der Waals surface area contributed by atoms with Gasteiger partial charge in [-0.1, -0.05) is 24.3 Å². The summed E-state index contributed by atoms with van der Waals surface area (Å²) < 4.78 is 28.7. The summed E-state index contributed by atoms with van der Waals surface area (Å²) in [5.41, 5.74) is 1.83. The van der Waals surface area contributed by atoms with E-state index in [1.807, 2.05) is 43.3 Å². The first-order valence-electron chi connectivity index (χ1n) is 9.03. The Kier molecular flexibility index (Phi) is 6.72. The van der Waals surface area contributed by atoms with Crippen LogP contribution in [0.15, 0.2) is 63.9 Å². The van der Waals surface area contributed by atoms with E-state index >= 15 is 0 Å². The first-order chi connectivity index (χ1) is 14.0. The van der Waals surface area contributed by atoms with Crippen LogP contribution in [0.1, 0.15) is 27.4 Å². The number of benzene rings is 2. The minimum Gasteiger partial charge on any atom is -0.493 e. The van der Waals surface area contributed by atoms with Crippen LogP contribution < -0.4 is 14.8 Å². The number of nitrogens with one attached hydrogen (secondary N) is 1. The van der Waals surface area contributed by atoms with Crippen LogP contribution in [-0.2, 0) is 23.1 Å². The lowest BCUT2D eigenvalue weighted by Gasteiger charge is -2.12.